The molecule has 4 heteroatoms. The first-order valence-corrected chi connectivity index (χ1v) is 6.24. The molecule has 0 spiro atoms. The van der Waals surface area contributed by atoms with Crippen LogP contribution in [-0.2, 0) is 10.0 Å². The molecule has 3 nitrogen and oxygen atoms in total. The molecule has 0 heterocycles. The van der Waals surface area contributed by atoms with E-state index in [1.807, 2.05) is 0 Å². The minimum Gasteiger partial charge on any atom is -0.212 e. The molecule has 2 unspecified atom stereocenters. The van der Waals surface area contributed by atoms with Crippen molar-refractivity contribution in [1.82, 2.24) is 4.72 Å². The molecule has 1 rings (SSSR count). The Morgan fingerprint density at radius 1 is 1.42 bits per heavy atom. The van der Waals surface area contributed by atoms with E-state index in [4.69, 9.17) is 0 Å². The number of sulfonamides is 1. The van der Waals surface area contributed by atoms with Gasteiger partial charge in [0.05, 0.1) is 5.75 Å². The lowest BCUT2D eigenvalue weighted by Gasteiger charge is -2.02. The van der Waals surface area contributed by atoms with Gasteiger partial charge in [-0.15, -0.1) is 0 Å². The van der Waals surface area contributed by atoms with Crippen LogP contribution in [0.2, 0.25) is 0 Å². The van der Waals surface area contributed by atoms with Crippen molar-refractivity contribution in [2.45, 2.75) is 39.2 Å². The van der Waals surface area contributed by atoms with E-state index >= 15 is 0 Å². The molecule has 0 aromatic rings. The van der Waals surface area contributed by atoms with Crippen LogP contribution in [0.4, 0.5) is 0 Å². The van der Waals surface area contributed by atoms with Crippen molar-refractivity contribution in [3.63, 3.8) is 0 Å². The van der Waals surface area contributed by atoms with E-state index < -0.39 is 10.0 Å². The van der Waals surface area contributed by atoms with E-state index in [1.165, 1.54) is 0 Å². The molecule has 1 aliphatic rings. The Balaban J connectivity index is 2.28. The molecule has 0 amide bonds. The van der Waals surface area contributed by atoms with Gasteiger partial charge in [-0.3, -0.25) is 0 Å². The molecule has 1 N–H and O–H groups in total. The maximum atomic E-state index is 11.1. The van der Waals surface area contributed by atoms with Crippen molar-refractivity contribution in [2.75, 3.05) is 5.75 Å². The van der Waals surface area contributed by atoms with Gasteiger partial charge in [-0.25, -0.2) is 13.1 Å². The van der Waals surface area contributed by atoms with Crippen LogP contribution in [0, 0.1) is 5.92 Å². The van der Waals surface area contributed by atoms with Gasteiger partial charge >= 0.3 is 0 Å². The van der Waals surface area contributed by atoms with Crippen LogP contribution >= 0.6 is 0 Å². The maximum Gasteiger partial charge on any atom is 0.211 e. The lowest BCUT2D eigenvalue weighted by atomic mass is 10.2. The predicted molar refractivity (Wildman–Crippen MR) is 49.4 cm³/mol. The van der Waals surface area contributed by atoms with Crippen LogP contribution in [0.5, 0.6) is 0 Å². The monoisotopic (exact) mass is 191 g/mol. The third-order valence-electron chi connectivity index (χ3n) is 2.29. The Bertz CT molecular complexity index is 235. The third-order valence-corrected chi connectivity index (χ3v) is 3.71. The standard InChI is InChI=1S/C8H17NO2S/c1-3-5-7-6-8(7)9-12(10,11)4-2/h7-9H,3-6H2,1-2H3. The molecule has 0 bridgehead atoms. The Hall–Kier alpha value is -0.0900. The van der Waals surface area contributed by atoms with Crippen LogP contribution in [0.1, 0.15) is 33.1 Å². The van der Waals surface area contributed by atoms with Crippen molar-refractivity contribution >= 4 is 10.0 Å². The first-order valence-electron chi connectivity index (χ1n) is 4.59. The highest BCUT2D eigenvalue weighted by Crippen LogP contribution is 2.34. The van der Waals surface area contributed by atoms with Crippen molar-refractivity contribution < 1.29 is 8.42 Å². The molecule has 12 heavy (non-hydrogen) atoms. The van der Waals surface area contributed by atoms with E-state index in [9.17, 15) is 8.42 Å². The fraction of sp³-hybridized carbons (Fsp3) is 1.00. The van der Waals surface area contributed by atoms with Gasteiger partial charge in [-0.05, 0) is 25.7 Å². The fourth-order valence-electron chi connectivity index (χ4n) is 1.40. The molecule has 2 atom stereocenters. The zero-order chi connectivity index (χ0) is 9.19. The van der Waals surface area contributed by atoms with E-state index in [1.54, 1.807) is 6.92 Å². The Labute approximate surface area is 74.6 Å². The molecule has 72 valence electrons. The molecule has 0 aliphatic heterocycles. The first kappa shape index (κ1) is 9.99. The summed E-state index contributed by atoms with van der Waals surface area (Å²) in [6, 6.07) is 0.245. The molecule has 1 fully saturated rings. The first-order chi connectivity index (χ1) is 5.59. The second kappa shape index (κ2) is 3.75. The maximum absolute atomic E-state index is 11.1. The highest BCUT2D eigenvalue weighted by molar-refractivity contribution is 7.89. The zero-order valence-electron chi connectivity index (χ0n) is 7.71. The van der Waals surface area contributed by atoms with Gasteiger partial charge in [0.1, 0.15) is 0 Å². The molecule has 0 aromatic carbocycles. The van der Waals surface area contributed by atoms with Gasteiger partial charge < -0.3 is 0 Å². The summed E-state index contributed by atoms with van der Waals surface area (Å²) in [5.41, 5.74) is 0. The van der Waals surface area contributed by atoms with Crippen LogP contribution in [0.25, 0.3) is 0 Å². The molecule has 0 aromatic heterocycles. The normalized spacial score (nSPS) is 28.8. The average Bonchev–Trinajstić information content (AvgIpc) is 2.68. The Kier molecular flexibility index (Phi) is 3.12. The zero-order valence-corrected chi connectivity index (χ0v) is 8.52. The van der Waals surface area contributed by atoms with Gasteiger partial charge in [-0.2, -0.15) is 0 Å². The van der Waals surface area contributed by atoms with Crippen molar-refractivity contribution in [3.05, 3.63) is 0 Å². The number of rotatable bonds is 5. The fourth-order valence-corrected chi connectivity index (χ4v) is 2.31. The van der Waals surface area contributed by atoms with E-state index in [-0.39, 0.29) is 11.8 Å². The highest BCUT2D eigenvalue weighted by Gasteiger charge is 2.38. The van der Waals surface area contributed by atoms with Gasteiger partial charge in [-0.1, -0.05) is 13.3 Å². The van der Waals surface area contributed by atoms with Crippen LogP contribution in [-0.4, -0.2) is 20.2 Å². The van der Waals surface area contributed by atoms with E-state index in [2.05, 4.69) is 11.6 Å². The summed E-state index contributed by atoms with van der Waals surface area (Å²) in [7, 11) is -2.96. The van der Waals surface area contributed by atoms with Crippen molar-refractivity contribution in [1.29, 1.82) is 0 Å². The van der Waals surface area contributed by atoms with Gasteiger partial charge in [0, 0.05) is 6.04 Å². The third kappa shape index (κ3) is 2.75. The van der Waals surface area contributed by atoms with Crippen molar-refractivity contribution in [3.8, 4) is 0 Å². The summed E-state index contributed by atoms with van der Waals surface area (Å²) in [6.45, 7) is 3.79. The largest absolute Gasteiger partial charge is 0.212 e. The molecular formula is C8H17NO2S. The minimum absolute atomic E-state index is 0.197. The molecule has 0 radical (unpaired) electrons. The van der Waals surface area contributed by atoms with E-state index in [0.29, 0.717) is 5.92 Å². The van der Waals surface area contributed by atoms with Crippen LogP contribution < -0.4 is 4.72 Å². The van der Waals surface area contributed by atoms with Crippen LogP contribution in [0.15, 0.2) is 0 Å². The van der Waals surface area contributed by atoms with Gasteiger partial charge in [0.2, 0.25) is 10.0 Å². The minimum atomic E-state index is -2.96. The molecule has 0 saturated heterocycles. The topological polar surface area (TPSA) is 46.2 Å². The lowest BCUT2D eigenvalue weighted by molar-refractivity contribution is 0.574. The average molecular weight is 191 g/mol. The number of hydrogen-bond acceptors (Lipinski definition) is 2. The lowest BCUT2D eigenvalue weighted by Crippen LogP contribution is -2.28. The molecular weight excluding hydrogens is 174 g/mol. The summed E-state index contributed by atoms with van der Waals surface area (Å²) in [5.74, 6) is 0.804. The Morgan fingerprint density at radius 2 is 2.08 bits per heavy atom. The van der Waals surface area contributed by atoms with Crippen molar-refractivity contribution in [2.24, 2.45) is 5.92 Å². The van der Waals surface area contributed by atoms with Gasteiger partial charge in [0.15, 0.2) is 0 Å². The molecule has 1 aliphatic carbocycles. The summed E-state index contributed by atoms with van der Waals surface area (Å²) < 4.78 is 24.9. The summed E-state index contributed by atoms with van der Waals surface area (Å²) in [6.07, 6.45) is 3.33. The highest BCUT2D eigenvalue weighted by atomic mass is 32.2. The second-order valence-electron chi connectivity index (χ2n) is 3.41. The van der Waals surface area contributed by atoms with Gasteiger partial charge in [0.25, 0.3) is 0 Å². The predicted octanol–water partition coefficient (Wildman–Crippen LogP) is 1.11. The summed E-state index contributed by atoms with van der Waals surface area (Å²) in [4.78, 5) is 0. The SMILES string of the molecule is CCCC1CC1NS(=O)(=O)CC. The Morgan fingerprint density at radius 3 is 2.58 bits per heavy atom. The quantitative estimate of drug-likeness (QED) is 0.707. The summed E-state index contributed by atoms with van der Waals surface area (Å²) in [5, 5.41) is 0. The smallest absolute Gasteiger partial charge is 0.211 e. The van der Waals surface area contributed by atoms with Crippen LogP contribution in [0.3, 0.4) is 0 Å². The van der Waals surface area contributed by atoms with E-state index in [0.717, 1.165) is 19.3 Å². The molecule has 1 saturated carbocycles. The number of hydrogen-bond donors (Lipinski definition) is 1. The second-order valence-corrected chi connectivity index (χ2v) is 5.45. The number of nitrogens with one attached hydrogen (secondary N) is 1. The summed E-state index contributed by atoms with van der Waals surface area (Å²) >= 11 is 0.